The van der Waals surface area contributed by atoms with Crippen LogP contribution in [0.15, 0.2) is 36.4 Å². The standard InChI is InChI=1S/C15H13ClF3N/c1-2-20-15(11-7-9(16)3-5-13(11)18)12-8-10(17)4-6-14(12)19/h3-8,15,20H,2H2,1H3. The summed E-state index contributed by atoms with van der Waals surface area (Å²) in [6.07, 6.45) is 0. The third kappa shape index (κ3) is 3.14. The molecule has 106 valence electrons. The molecule has 2 aromatic carbocycles. The fourth-order valence-electron chi connectivity index (χ4n) is 2.06. The SMILES string of the molecule is CCNC(c1cc(F)ccc1F)c1cc(Cl)ccc1F. The lowest BCUT2D eigenvalue weighted by Crippen LogP contribution is -2.24. The van der Waals surface area contributed by atoms with Crippen LogP contribution in [0.25, 0.3) is 0 Å². The van der Waals surface area contributed by atoms with E-state index < -0.39 is 23.5 Å². The fraction of sp³-hybridized carbons (Fsp3) is 0.200. The van der Waals surface area contributed by atoms with Gasteiger partial charge in [0.25, 0.3) is 0 Å². The minimum Gasteiger partial charge on any atom is -0.306 e. The van der Waals surface area contributed by atoms with E-state index in [9.17, 15) is 13.2 Å². The molecule has 1 nitrogen and oxygen atoms in total. The van der Waals surface area contributed by atoms with E-state index in [1.807, 2.05) is 0 Å². The first kappa shape index (κ1) is 14.9. The van der Waals surface area contributed by atoms with Crippen LogP contribution in [0.3, 0.4) is 0 Å². The Hall–Kier alpha value is -1.52. The summed E-state index contributed by atoms with van der Waals surface area (Å²) in [5.41, 5.74) is 0.233. The summed E-state index contributed by atoms with van der Waals surface area (Å²) >= 11 is 5.86. The van der Waals surface area contributed by atoms with Crippen LogP contribution >= 0.6 is 11.6 Å². The summed E-state index contributed by atoms with van der Waals surface area (Å²) in [6.45, 7) is 2.26. The number of rotatable bonds is 4. The van der Waals surface area contributed by atoms with E-state index in [1.165, 1.54) is 18.2 Å². The van der Waals surface area contributed by atoms with Crippen molar-refractivity contribution in [1.82, 2.24) is 5.32 Å². The molecule has 20 heavy (non-hydrogen) atoms. The third-order valence-electron chi connectivity index (χ3n) is 2.95. The van der Waals surface area contributed by atoms with Crippen LogP contribution in [0.2, 0.25) is 5.02 Å². The summed E-state index contributed by atoms with van der Waals surface area (Å²) in [5, 5.41) is 3.28. The van der Waals surface area contributed by atoms with Crippen molar-refractivity contribution in [3.8, 4) is 0 Å². The summed E-state index contributed by atoms with van der Waals surface area (Å²) in [7, 11) is 0. The number of halogens is 4. The Morgan fingerprint density at radius 2 is 1.60 bits per heavy atom. The molecule has 0 radical (unpaired) electrons. The van der Waals surface area contributed by atoms with E-state index >= 15 is 0 Å². The highest BCUT2D eigenvalue weighted by Crippen LogP contribution is 2.29. The number of hydrogen-bond acceptors (Lipinski definition) is 1. The lowest BCUT2D eigenvalue weighted by atomic mass is 9.97. The van der Waals surface area contributed by atoms with Crippen molar-refractivity contribution < 1.29 is 13.2 Å². The van der Waals surface area contributed by atoms with Gasteiger partial charge in [-0.2, -0.15) is 0 Å². The molecule has 2 aromatic rings. The fourth-order valence-corrected chi connectivity index (χ4v) is 2.24. The largest absolute Gasteiger partial charge is 0.306 e. The van der Waals surface area contributed by atoms with Crippen molar-refractivity contribution in [2.24, 2.45) is 0 Å². The smallest absolute Gasteiger partial charge is 0.128 e. The molecule has 0 aliphatic heterocycles. The van der Waals surface area contributed by atoms with Crippen molar-refractivity contribution in [1.29, 1.82) is 0 Å². The average molecular weight is 300 g/mol. The van der Waals surface area contributed by atoms with Crippen LogP contribution < -0.4 is 5.32 Å². The van der Waals surface area contributed by atoms with Crippen molar-refractivity contribution in [2.45, 2.75) is 13.0 Å². The molecule has 0 spiro atoms. The van der Waals surface area contributed by atoms with E-state index in [4.69, 9.17) is 11.6 Å². The lowest BCUT2D eigenvalue weighted by molar-refractivity contribution is 0.522. The zero-order chi connectivity index (χ0) is 14.7. The van der Waals surface area contributed by atoms with Crippen LogP contribution in [-0.4, -0.2) is 6.54 Å². The number of benzene rings is 2. The van der Waals surface area contributed by atoms with Gasteiger partial charge in [0.15, 0.2) is 0 Å². The van der Waals surface area contributed by atoms with E-state index in [2.05, 4.69) is 5.32 Å². The summed E-state index contributed by atoms with van der Waals surface area (Å²) in [6, 6.07) is 6.34. The average Bonchev–Trinajstić information content (AvgIpc) is 2.42. The predicted molar refractivity (Wildman–Crippen MR) is 73.3 cm³/mol. The second-order valence-electron chi connectivity index (χ2n) is 4.32. The highest BCUT2D eigenvalue weighted by molar-refractivity contribution is 6.30. The maximum absolute atomic E-state index is 13.9. The molecule has 0 aromatic heterocycles. The van der Waals surface area contributed by atoms with Crippen molar-refractivity contribution in [3.05, 3.63) is 70.0 Å². The molecule has 1 unspecified atom stereocenters. The third-order valence-corrected chi connectivity index (χ3v) is 3.18. The maximum Gasteiger partial charge on any atom is 0.128 e. The molecule has 5 heteroatoms. The van der Waals surface area contributed by atoms with E-state index in [0.717, 1.165) is 18.2 Å². The molecule has 1 N–H and O–H groups in total. The van der Waals surface area contributed by atoms with Crippen molar-refractivity contribution in [2.75, 3.05) is 6.54 Å². The van der Waals surface area contributed by atoms with Gasteiger partial charge in [-0.1, -0.05) is 18.5 Å². The number of hydrogen-bond donors (Lipinski definition) is 1. The van der Waals surface area contributed by atoms with Gasteiger partial charge in [0.2, 0.25) is 0 Å². The minimum absolute atomic E-state index is 0.0491. The van der Waals surface area contributed by atoms with Gasteiger partial charge in [0, 0.05) is 16.1 Å². The van der Waals surface area contributed by atoms with Gasteiger partial charge < -0.3 is 5.32 Å². The summed E-state index contributed by atoms with van der Waals surface area (Å²) < 4.78 is 41.2. The van der Waals surface area contributed by atoms with Gasteiger partial charge in [-0.25, -0.2) is 13.2 Å². The van der Waals surface area contributed by atoms with E-state index in [-0.39, 0.29) is 11.1 Å². The topological polar surface area (TPSA) is 12.0 Å². The summed E-state index contributed by atoms with van der Waals surface area (Å²) in [4.78, 5) is 0. The van der Waals surface area contributed by atoms with Crippen LogP contribution in [0.5, 0.6) is 0 Å². The molecular formula is C15H13ClF3N. The maximum atomic E-state index is 13.9. The Morgan fingerprint density at radius 1 is 1.00 bits per heavy atom. The number of nitrogens with one attached hydrogen (secondary N) is 1. The van der Waals surface area contributed by atoms with Gasteiger partial charge >= 0.3 is 0 Å². The molecule has 0 aliphatic rings. The van der Waals surface area contributed by atoms with E-state index in [1.54, 1.807) is 6.92 Å². The lowest BCUT2D eigenvalue weighted by Gasteiger charge is -2.20. The molecule has 0 aliphatic carbocycles. The van der Waals surface area contributed by atoms with E-state index in [0.29, 0.717) is 11.6 Å². The zero-order valence-electron chi connectivity index (χ0n) is 10.8. The molecule has 2 rings (SSSR count). The zero-order valence-corrected chi connectivity index (χ0v) is 11.5. The molecule has 1 atom stereocenters. The highest BCUT2D eigenvalue weighted by Gasteiger charge is 2.21. The quantitative estimate of drug-likeness (QED) is 0.879. The predicted octanol–water partition coefficient (Wildman–Crippen LogP) is 4.46. The molecule has 0 fully saturated rings. The van der Waals surface area contributed by atoms with Crippen LogP contribution in [-0.2, 0) is 0 Å². The Labute approximate surface area is 120 Å². The molecule has 0 saturated carbocycles. The summed E-state index contributed by atoms with van der Waals surface area (Å²) in [5.74, 6) is -1.70. The minimum atomic E-state index is -0.797. The monoisotopic (exact) mass is 299 g/mol. The Balaban J connectivity index is 2.55. The van der Waals surface area contributed by atoms with Crippen LogP contribution in [0.4, 0.5) is 13.2 Å². The van der Waals surface area contributed by atoms with Crippen molar-refractivity contribution in [3.63, 3.8) is 0 Å². The van der Waals surface area contributed by atoms with Gasteiger partial charge in [-0.05, 0) is 42.9 Å². The Morgan fingerprint density at radius 3 is 2.25 bits per heavy atom. The normalized spacial score (nSPS) is 12.4. The van der Waals surface area contributed by atoms with Crippen molar-refractivity contribution >= 4 is 11.6 Å². The first-order valence-corrected chi connectivity index (χ1v) is 6.54. The molecule has 0 saturated heterocycles. The first-order valence-electron chi connectivity index (χ1n) is 6.16. The van der Waals surface area contributed by atoms with Gasteiger partial charge in [-0.15, -0.1) is 0 Å². The van der Waals surface area contributed by atoms with Gasteiger partial charge in [0.1, 0.15) is 17.5 Å². The second-order valence-corrected chi connectivity index (χ2v) is 4.76. The second kappa shape index (κ2) is 6.29. The highest BCUT2D eigenvalue weighted by atomic mass is 35.5. The first-order chi connectivity index (χ1) is 9.52. The van der Waals surface area contributed by atoms with Crippen LogP contribution in [0, 0.1) is 17.5 Å². The van der Waals surface area contributed by atoms with Gasteiger partial charge in [-0.3, -0.25) is 0 Å². The molecule has 0 amide bonds. The molecular weight excluding hydrogens is 287 g/mol. The molecule has 0 bridgehead atoms. The van der Waals surface area contributed by atoms with Gasteiger partial charge in [0.05, 0.1) is 6.04 Å². The molecule has 0 heterocycles. The Bertz CT molecular complexity index is 565. The van der Waals surface area contributed by atoms with Crippen LogP contribution in [0.1, 0.15) is 24.1 Å². The Kier molecular flexibility index (Phi) is 4.68.